The first-order valence-corrected chi connectivity index (χ1v) is 7.66. The summed E-state index contributed by atoms with van der Waals surface area (Å²) in [6.45, 7) is 0. The maximum atomic E-state index is 12.0. The lowest BCUT2D eigenvalue weighted by molar-refractivity contribution is -0.119. The van der Waals surface area contributed by atoms with Gasteiger partial charge in [0, 0.05) is 12.8 Å². The third-order valence-electron chi connectivity index (χ3n) is 3.39. The van der Waals surface area contributed by atoms with Crippen LogP contribution in [-0.2, 0) is 11.2 Å². The van der Waals surface area contributed by atoms with Gasteiger partial charge in [-0.1, -0.05) is 12.1 Å². The third-order valence-corrected chi connectivity index (χ3v) is 4.44. The average molecular weight is 264 g/mol. The SMILES string of the molecule is COc1cccc(CC(=O)CC2CCSCC2)c1. The van der Waals surface area contributed by atoms with Crippen molar-refractivity contribution in [3.8, 4) is 5.75 Å². The second kappa shape index (κ2) is 6.83. The van der Waals surface area contributed by atoms with Gasteiger partial charge in [0.2, 0.25) is 0 Å². The van der Waals surface area contributed by atoms with Crippen molar-refractivity contribution in [1.29, 1.82) is 0 Å². The van der Waals surface area contributed by atoms with Crippen LogP contribution in [-0.4, -0.2) is 24.4 Å². The van der Waals surface area contributed by atoms with Crippen molar-refractivity contribution < 1.29 is 9.53 Å². The minimum absolute atomic E-state index is 0.361. The number of benzene rings is 1. The Bertz CT molecular complexity index is 397. The fourth-order valence-electron chi connectivity index (χ4n) is 2.35. The van der Waals surface area contributed by atoms with Crippen molar-refractivity contribution in [2.45, 2.75) is 25.7 Å². The number of methoxy groups -OCH3 is 1. The summed E-state index contributed by atoms with van der Waals surface area (Å²) in [5, 5.41) is 0. The highest BCUT2D eigenvalue weighted by atomic mass is 32.2. The number of rotatable bonds is 5. The molecule has 0 aliphatic carbocycles. The summed E-state index contributed by atoms with van der Waals surface area (Å²) in [4.78, 5) is 12.0. The second-order valence-corrected chi connectivity index (χ2v) is 6.05. The molecular weight excluding hydrogens is 244 g/mol. The molecule has 98 valence electrons. The molecule has 0 amide bonds. The van der Waals surface area contributed by atoms with Crippen LogP contribution in [0.25, 0.3) is 0 Å². The van der Waals surface area contributed by atoms with Crippen molar-refractivity contribution in [3.63, 3.8) is 0 Å². The van der Waals surface area contributed by atoms with E-state index in [2.05, 4.69) is 0 Å². The van der Waals surface area contributed by atoms with Crippen LogP contribution in [0.15, 0.2) is 24.3 Å². The summed E-state index contributed by atoms with van der Waals surface area (Å²) < 4.78 is 5.17. The van der Waals surface area contributed by atoms with Gasteiger partial charge in [0.25, 0.3) is 0 Å². The van der Waals surface area contributed by atoms with Crippen LogP contribution in [0.4, 0.5) is 0 Å². The minimum Gasteiger partial charge on any atom is -0.497 e. The molecule has 0 bridgehead atoms. The molecule has 1 heterocycles. The lowest BCUT2D eigenvalue weighted by Gasteiger charge is -2.20. The van der Waals surface area contributed by atoms with Gasteiger partial charge in [-0.15, -0.1) is 0 Å². The minimum atomic E-state index is 0.361. The highest BCUT2D eigenvalue weighted by molar-refractivity contribution is 7.99. The molecule has 0 atom stereocenters. The number of hydrogen-bond acceptors (Lipinski definition) is 3. The Morgan fingerprint density at radius 2 is 2.17 bits per heavy atom. The van der Waals surface area contributed by atoms with Crippen LogP contribution >= 0.6 is 11.8 Å². The Morgan fingerprint density at radius 1 is 1.39 bits per heavy atom. The van der Waals surface area contributed by atoms with E-state index in [4.69, 9.17) is 4.74 Å². The molecule has 0 N–H and O–H groups in total. The van der Waals surface area contributed by atoms with Gasteiger partial charge >= 0.3 is 0 Å². The molecular formula is C15H20O2S. The molecule has 1 saturated heterocycles. The number of Topliss-reactive ketones (excluding diaryl/α,β-unsaturated/α-hetero) is 1. The average Bonchev–Trinajstić information content (AvgIpc) is 2.40. The lowest BCUT2D eigenvalue weighted by Crippen LogP contribution is -2.15. The van der Waals surface area contributed by atoms with E-state index < -0.39 is 0 Å². The fraction of sp³-hybridized carbons (Fsp3) is 0.533. The monoisotopic (exact) mass is 264 g/mol. The van der Waals surface area contributed by atoms with Gasteiger partial charge in [-0.25, -0.2) is 0 Å². The quantitative estimate of drug-likeness (QED) is 0.816. The van der Waals surface area contributed by atoms with Crippen molar-refractivity contribution in [2.24, 2.45) is 5.92 Å². The van der Waals surface area contributed by atoms with Crippen molar-refractivity contribution in [1.82, 2.24) is 0 Å². The zero-order valence-corrected chi connectivity index (χ0v) is 11.7. The number of thioether (sulfide) groups is 1. The van der Waals surface area contributed by atoms with E-state index in [0.29, 0.717) is 18.1 Å². The molecule has 3 heteroatoms. The predicted octanol–water partition coefficient (Wildman–Crippen LogP) is 3.34. The van der Waals surface area contributed by atoms with E-state index in [1.165, 1.54) is 24.3 Å². The Labute approximate surface area is 113 Å². The van der Waals surface area contributed by atoms with Crippen LogP contribution in [0.1, 0.15) is 24.8 Å². The number of ketones is 1. The molecule has 1 fully saturated rings. The first-order chi connectivity index (χ1) is 8.78. The summed E-state index contributed by atoms with van der Waals surface area (Å²) in [5.41, 5.74) is 1.06. The lowest BCUT2D eigenvalue weighted by atomic mass is 9.94. The number of hydrogen-bond donors (Lipinski definition) is 0. The van der Waals surface area contributed by atoms with Crippen molar-refractivity contribution in [2.75, 3.05) is 18.6 Å². The van der Waals surface area contributed by atoms with Gasteiger partial charge in [-0.05, 0) is 48.0 Å². The van der Waals surface area contributed by atoms with E-state index in [9.17, 15) is 4.79 Å². The van der Waals surface area contributed by atoms with Crippen LogP contribution < -0.4 is 4.74 Å². The highest BCUT2D eigenvalue weighted by Crippen LogP contribution is 2.26. The molecule has 2 rings (SSSR count). The number of ether oxygens (including phenoxy) is 1. The Morgan fingerprint density at radius 3 is 2.89 bits per heavy atom. The fourth-order valence-corrected chi connectivity index (χ4v) is 3.56. The topological polar surface area (TPSA) is 26.3 Å². The Balaban J connectivity index is 1.85. The molecule has 0 radical (unpaired) electrons. The van der Waals surface area contributed by atoms with Crippen molar-refractivity contribution in [3.05, 3.63) is 29.8 Å². The van der Waals surface area contributed by atoms with Gasteiger partial charge in [0.15, 0.2) is 0 Å². The van der Waals surface area contributed by atoms with E-state index in [0.717, 1.165) is 17.7 Å². The van der Waals surface area contributed by atoms with E-state index in [1.54, 1.807) is 7.11 Å². The van der Waals surface area contributed by atoms with Gasteiger partial charge in [-0.3, -0.25) is 4.79 Å². The maximum Gasteiger partial charge on any atom is 0.137 e. The summed E-state index contributed by atoms with van der Waals surface area (Å²) >= 11 is 2.01. The van der Waals surface area contributed by atoms with E-state index in [-0.39, 0.29) is 0 Å². The zero-order valence-electron chi connectivity index (χ0n) is 10.9. The van der Waals surface area contributed by atoms with Crippen LogP contribution in [0.3, 0.4) is 0 Å². The predicted molar refractivity (Wildman–Crippen MR) is 76.4 cm³/mol. The van der Waals surface area contributed by atoms with E-state index >= 15 is 0 Å². The van der Waals surface area contributed by atoms with Gasteiger partial charge in [-0.2, -0.15) is 11.8 Å². The molecule has 1 aromatic rings. The molecule has 2 nitrogen and oxygen atoms in total. The van der Waals surface area contributed by atoms with Gasteiger partial charge < -0.3 is 4.74 Å². The van der Waals surface area contributed by atoms with Crippen molar-refractivity contribution >= 4 is 17.5 Å². The molecule has 1 aliphatic rings. The number of carbonyl (C=O) groups excluding carboxylic acids is 1. The maximum absolute atomic E-state index is 12.0. The Kier molecular flexibility index (Phi) is 5.12. The summed E-state index contributed by atoms with van der Waals surface area (Å²) in [5.74, 6) is 4.24. The van der Waals surface area contributed by atoms with Crippen LogP contribution in [0.2, 0.25) is 0 Å². The molecule has 0 unspecified atom stereocenters. The molecule has 18 heavy (non-hydrogen) atoms. The molecule has 0 aromatic heterocycles. The number of carbonyl (C=O) groups is 1. The van der Waals surface area contributed by atoms with Crippen LogP contribution in [0, 0.1) is 5.92 Å². The first kappa shape index (κ1) is 13.5. The molecule has 0 saturated carbocycles. The zero-order chi connectivity index (χ0) is 12.8. The highest BCUT2D eigenvalue weighted by Gasteiger charge is 2.17. The molecule has 1 aliphatic heterocycles. The third kappa shape index (κ3) is 4.05. The normalized spacial score (nSPS) is 16.5. The largest absolute Gasteiger partial charge is 0.497 e. The first-order valence-electron chi connectivity index (χ1n) is 6.50. The summed E-state index contributed by atoms with van der Waals surface area (Å²) in [6.07, 6.45) is 3.70. The summed E-state index contributed by atoms with van der Waals surface area (Å²) in [7, 11) is 1.65. The second-order valence-electron chi connectivity index (χ2n) is 4.83. The van der Waals surface area contributed by atoms with Gasteiger partial charge in [0.05, 0.1) is 7.11 Å². The summed E-state index contributed by atoms with van der Waals surface area (Å²) in [6, 6.07) is 7.80. The van der Waals surface area contributed by atoms with Gasteiger partial charge in [0.1, 0.15) is 11.5 Å². The van der Waals surface area contributed by atoms with E-state index in [1.807, 2.05) is 36.0 Å². The standard InChI is InChI=1S/C15H20O2S/c1-17-15-4-2-3-13(11-15)10-14(16)9-12-5-7-18-8-6-12/h2-4,11-12H,5-10H2,1H3. The van der Waals surface area contributed by atoms with Crippen LogP contribution in [0.5, 0.6) is 5.75 Å². The molecule has 1 aromatic carbocycles. The molecule has 0 spiro atoms. The Hall–Kier alpha value is -0.960. The smallest absolute Gasteiger partial charge is 0.137 e.